The van der Waals surface area contributed by atoms with Crippen molar-refractivity contribution in [2.75, 3.05) is 19.8 Å². The SMILES string of the molecule is CCCCC(CCCC)[Si](CCCC)(CCCC)OCCOCC. The van der Waals surface area contributed by atoms with Gasteiger partial charge in [-0.05, 0) is 24.6 Å². The fourth-order valence-corrected chi connectivity index (χ4v) is 9.21. The van der Waals surface area contributed by atoms with Gasteiger partial charge in [0.2, 0.25) is 0 Å². The second-order valence-corrected chi connectivity index (χ2v) is 11.5. The number of ether oxygens (including phenoxy) is 1. The molecular weight excluding hydrogens is 312 g/mol. The predicted molar refractivity (Wildman–Crippen MR) is 110 cm³/mol. The van der Waals surface area contributed by atoms with Crippen molar-refractivity contribution in [2.45, 2.75) is 116 Å². The van der Waals surface area contributed by atoms with Gasteiger partial charge < -0.3 is 9.16 Å². The van der Waals surface area contributed by atoms with Crippen molar-refractivity contribution in [3.8, 4) is 0 Å². The van der Waals surface area contributed by atoms with Crippen LogP contribution in [0.2, 0.25) is 17.6 Å². The van der Waals surface area contributed by atoms with E-state index in [4.69, 9.17) is 9.16 Å². The molecule has 0 aromatic heterocycles. The van der Waals surface area contributed by atoms with E-state index in [9.17, 15) is 0 Å². The van der Waals surface area contributed by atoms with Crippen molar-refractivity contribution in [1.82, 2.24) is 0 Å². The summed E-state index contributed by atoms with van der Waals surface area (Å²) in [7, 11) is -1.67. The largest absolute Gasteiger partial charge is 0.414 e. The molecule has 0 aliphatic heterocycles. The Balaban J connectivity index is 5.14. The average Bonchev–Trinajstić information content (AvgIpc) is 2.61. The molecule has 0 saturated heterocycles. The third-order valence-electron chi connectivity index (χ3n) is 5.28. The van der Waals surface area contributed by atoms with E-state index in [0.29, 0.717) is 0 Å². The Morgan fingerprint density at radius 2 is 1.17 bits per heavy atom. The summed E-state index contributed by atoms with van der Waals surface area (Å²) < 4.78 is 12.4. The molecule has 3 heteroatoms. The lowest BCUT2D eigenvalue weighted by Gasteiger charge is -2.39. The summed E-state index contributed by atoms with van der Waals surface area (Å²) in [5.41, 5.74) is 0.858. The first-order chi connectivity index (χ1) is 11.7. The monoisotopic (exact) mass is 358 g/mol. The molecule has 0 saturated carbocycles. The molecule has 0 atom stereocenters. The summed E-state index contributed by atoms with van der Waals surface area (Å²) in [5.74, 6) is 0. The third kappa shape index (κ3) is 10.2. The molecule has 0 bridgehead atoms. The smallest absolute Gasteiger partial charge is 0.195 e. The highest BCUT2D eigenvalue weighted by atomic mass is 28.4. The molecule has 2 nitrogen and oxygen atoms in total. The van der Waals surface area contributed by atoms with Gasteiger partial charge in [0.1, 0.15) is 0 Å². The van der Waals surface area contributed by atoms with Crippen molar-refractivity contribution in [3.05, 3.63) is 0 Å². The van der Waals surface area contributed by atoms with Gasteiger partial charge in [-0.25, -0.2) is 0 Å². The molecule has 0 spiro atoms. The van der Waals surface area contributed by atoms with Crippen LogP contribution in [0.1, 0.15) is 98.8 Å². The zero-order chi connectivity index (χ0) is 18.1. The maximum absolute atomic E-state index is 6.81. The molecule has 0 aromatic carbocycles. The normalized spacial score (nSPS) is 12.2. The Kier molecular flexibility index (Phi) is 16.7. The fraction of sp³-hybridized carbons (Fsp3) is 1.00. The van der Waals surface area contributed by atoms with E-state index in [0.717, 1.165) is 25.4 Å². The van der Waals surface area contributed by atoms with Crippen molar-refractivity contribution in [2.24, 2.45) is 0 Å². The summed E-state index contributed by atoms with van der Waals surface area (Å²) >= 11 is 0. The molecule has 0 radical (unpaired) electrons. The molecule has 0 unspecified atom stereocenters. The van der Waals surface area contributed by atoms with Crippen LogP contribution in [-0.2, 0) is 9.16 Å². The van der Waals surface area contributed by atoms with Gasteiger partial charge in [0.25, 0.3) is 0 Å². The molecule has 0 aromatic rings. The highest BCUT2D eigenvalue weighted by Gasteiger charge is 2.41. The molecule has 0 heterocycles. The Hall–Kier alpha value is 0.137. The molecule has 24 heavy (non-hydrogen) atoms. The molecule has 0 aliphatic carbocycles. The minimum atomic E-state index is -1.67. The Labute approximate surface area is 154 Å². The minimum Gasteiger partial charge on any atom is -0.414 e. The van der Waals surface area contributed by atoms with E-state index < -0.39 is 8.32 Å². The van der Waals surface area contributed by atoms with E-state index in [-0.39, 0.29) is 0 Å². The fourth-order valence-electron chi connectivity index (χ4n) is 3.77. The van der Waals surface area contributed by atoms with Crippen LogP contribution in [0.5, 0.6) is 0 Å². The molecule has 0 rings (SSSR count). The first-order valence-corrected chi connectivity index (χ1v) is 13.3. The van der Waals surface area contributed by atoms with Gasteiger partial charge in [-0.3, -0.25) is 0 Å². The summed E-state index contributed by atoms with van der Waals surface area (Å²) in [6.07, 6.45) is 13.4. The zero-order valence-corrected chi connectivity index (χ0v) is 18.5. The van der Waals surface area contributed by atoms with Crippen molar-refractivity contribution in [3.63, 3.8) is 0 Å². The maximum Gasteiger partial charge on any atom is 0.195 e. The average molecular weight is 359 g/mol. The van der Waals surface area contributed by atoms with Crippen LogP contribution in [0.15, 0.2) is 0 Å². The van der Waals surface area contributed by atoms with Gasteiger partial charge >= 0.3 is 0 Å². The highest BCUT2D eigenvalue weighted by molar-refractivity contribution is 6.75. The summed E-state index contributed by atoms with van der Waals surface area (Å²) in [4.78, 5) is 0. The molecule has 0 N–H and O–H groups in total. The van der Waals surface area contributed by atoms with E-state index in [1.54, 1.807) is 0 Å². The van der Waals surface area contributed by atoms with Gasteiger partial charge in [-0.2, -0.15) is 0 Å². The van der Waals surface area contributed by atoms with Gasteiger partial charge in [-0.15, -0.1) is 0 Å². The number of hydrogen-bond donors (Lipinski definition) is 0. The van der Waals surface area contributed by atoms with E-state index in [1.807, 2.05) is 0 Å². The minimum absolute atomic E-state index is 0.776. The molecule has 0 aliphatic rings. The number of hydrogen-bond acceptors (Lipinski definition) is 2. The third-order valence-corrected chi connectivity index (χ3v) is 10.5. The van der Waals surface area contributed by atoms with Crippen molar-refractivity contribution in [1.29, 1.82) is 0 Å². The first kappa shape index (κ1) is 24.1. The van der Waals surface area contributed by atoms with Gasteiger partial charge in [0.15, 0.2) is 8.32 Å². The van der Waals surface area contributed by atoms with Gasteiger partial charge in [-0.1, -0.05) is 91.9 Å². The summed E-state index contributed by atoms with van der Waals surface area (Å²) in [6, 6.07) is 2.74. The summed E-state index contributed by atoms with van der Waals surface area (Å²) in [6.45, 7) is 13.8. The van der Waals surface area contributed by atoms with Crippen LogP contribution >= 0.6 is 0 Å². The van der Waals surface area contributed by atoms with Crippen LogP contribution < -0.4 is 0 Å². The number of unbranched alkanes of at least 4 members (excludes halogenated alkanes) is 4. The van der Waals surface area contributed by atoms with Crippen LogP contribution in [0.25, 0.3) is 0 Å². The lowest BCUT2D eigenvalue weighted by atomic mass is 10.1. The van der Waals surface area contributed by atoms with Gasteiger partial charge in [0, 0.05) is 6.61 Å². The molecule has 0 amide bonds. The second kappa shape index (κ2) is 16.6. The Morgan fingerprint density at radius 1 is 0.667 bits per heavy atom. The Bertz CT molecular complexity index is 242. The van der Waals surface area contributed by atoms with Crippen molar-refractivity contribution < 1.29 is 9.16 Å². The van der Waals surface area contributed by atoms with Crippen LogP contribution in [-0.4, -0.2) is 28.1 Å². The van der Waals surface area contributed by atoms with Crippen LogP contribution in [0.3, 0.4) is 0 Å². The van der Waals surface area contributed by atoms with Crippen LogP contribution in [0, 0.1) is 0 Å². The van der Waals surface area contributed by atoms with E-state index in [1.165, 1.54) is 76.3 Å². The van der Waals surface area contributed by atoms with Crippen molar-refractivity contribution >= 4 is 8.32 Å². The van der Waals surface area contributed by atoms with E-state index in [2.05, 4.69) is 34.6 Å². The summed E-state index contributed by atoms with van der Waals surface area (Å²) in [5, 5.41) is 0. The lowest BCUT2D eigenvalue weighted by molar-refractivity contribution is 0.104. The Morgan fingerprint density at radius 3 is 1.58 bits per heavy atom. The maximum atomic E-state index is 6.81. The van der Waals surface area contributed by atoms with Crippen LogP contribution in [0.4, 0.5) is 0 Å². The lowest BCUT2D eigenvalue weighted by Crippen LogP contribution is -2.44. The second-order valence-electron chi connectivity index (χ2n) is 7.30. The quantitative estimate of drug-likeness (QED) is 0.188. The molecular formula is C21H46O2Si. The molecule has 146 valence electrons. The standard InChI is InChI=1S/C21H46O2Si/c1-6-11-15-21(16-12-7-2)24(19-13-8-3,20-14-9-4)23-18-17-22-10-5/h21H,6-20H2,1-5H3. The van der Waals surface area contributed by atoms with E-state index >= 15 is 0 Å². The first-order valence-electron chi connectivity index (χ1n) is 10.9. The molecule has 0 fully saturated rings. The topological polar surface area (TPSA) is 18.5 Å². The number of rotatable bonds is 18. The highest BCUT2D eigenvalue weighted by Crippen LogP contribution is 2.41. The van der Waals surface area contributed by atoms with Gasteiger partial charge in [0.05, 0.1) is 13.2 Å². The predicted octanol–water partition coefficient (Wildman–Crippen LogP) is 7.34. The zero-order valence-electron chi connectivity index (χ0n) is 17.5.